The minimum atomic E-state index is -0.106. The molecule has 1 heterocycles. The Morgan fingerprint density at radius 1 is 1.39 bits per heavy atom. The average molecular weight is 255 g/mol. The molecule has 1 saturated heterocycles. The SMILES string of the molecule is CCC(CC)NC(=O)C(C)N1CCC(=NO)CC1. The van der Waals surface area contributed by atoms with Gasteiger partial charge in [-0.25, -0.2) is 0 Å². The minimum absolute atomic E-state index is 0.105. The Labute approximate surface area is 109 Å². The fourth-order valence-corrected chi connectivity index (χ4v) is 2.25. The van der Waals surface area contributed by atoms with E-state index in [-0.39, 0.29) is 18.0 Å². The Morgan fingerprint density at radius 2 is 1.94 bits per heavy atom. The summed E-state index contributed by atoms with van der Waals surface area (Å²) in [5.41, 5.74) is 0.832. The summed E-state index contributed by atoms with van der Waals surface area (Å²) in [5, 5.41) is 15.0. The highest BCUT2D eigenvalue weighted by Crippen LogP contribution is 2.11. The van der Waals surface area contributed by atoms with Crippen molar-refractivity contribution in [3.63, 3.8) is 0 Å². The first kappa shape index (κ1) is 15.0. The van der Waals surface area contributed by atoms with Crippen molar-refractivity contribution in [2.45, 2.75) is 58.5 Å². The van der Waals surface area contributed by atoms with Crippen LogP contribution in [-0.2, 0) is 4.79 Å². The Balaban J connectivity index is 2.44. The van der Waals surface area contributed by atoms with Gasteiger partial charge in [-0.2, -0.15) is 0 Å². The monoisotopic (exact) mass is 255 g/mol. The Hall–Kier alpha value is -1.10. The third kappa shape index (κ3) is 3.98. The Morgan fingerprint density at radius 3 is 2.39 bits per heavy atom. The molecule has 1 rings (SSSR count). The van der Waals surface area contributed by atoms with Crippen molar-refractivity contribution < 1.29 is 10.0 Å². The molecule has 2 N–H and O–H groups in total. The lowest BCUT2D eigenvalue weighted by Crippen LogP contribution is -2.50. The van der Waals surface area contributed by atoms with Crippen molar-refractivity contribution in [3.8, 4) is 0 Å². The van der Waals surface area contributed by atoms with Crippen LogP contribution in [0.15, 0.2) is 5.16 Å². The van der Waals surface area contributed by atoms with E-state index in [1.165, 1.54) is 0 Å². The molecule has 0 radical (unpaired) electrons. The van der Waals surface area contributed by atoms with Gasteiger partial charge in [-0.3, -0.25) is 9.69 Å². The summed E-state index contributed by atoms with van der Waals surface area (Å²) in [6.45, 7) is 7.70. The molecule has 0 aromatic rings. The van der Waals surface area contributed by atoms with Gasteiger partial charge in [0.1, 0.15) is 0 Å². The van der Waals surface area contributed by atoms with Crippen molar-refractivity contribution in [1.82, 2.24) is 10.2 Å². The van der Waals surface area contributed by atoms with E-state index in [1.54, 1.807) is 0 Å². The van der Waals surface area contributed by atoms with Gasteiger partial charge in [0.25, 0.3) is 0 Å². The van der Waals surface area contributed by atoms with Crippen LogP contribution in [0, 0.1) is 0 Å². The van der Waals surface area contributed by atoms with Gasteiger partial charge in [0.05, 0.1) is 11.8 Å². The number of piperidine rings is 1. The molecular weight excluding hydrogens is 230 g/mol. The second kappa shape index (κ2) is 7.36. The molecule has 1 unspecified atom stereocenters. The lowest BCUT2D eigenvalue weighted by atomic mass is 10.1. The summed E-state index contributed by atoms with van der Waals surface area (Å²) in [4.78, 5) is 14.2. The zero-order valence-electron chi connectivity index (χ0n) is 11.6. The molecule has 1 fully saturated rings. The van der Waals surface area contributed by atoms with Crippen LogP contribution < -0.4 is 5.32 Å². The number of rotatable bonds is 5. The summed E-state index contributed by atoms with van der Waals surface area (Å²) in [5.74, 6) is 0.105. The third-order valence-electron chi connectivity index (χ3n) is 3.78. The molecule has 0 aromatic heterocycles. The number of amides is 1. The standard InChI is InChI=1S/C13H25N3O2/c1-4-11(5-2)14-13(17)10(3)16-8-6-12(15-18)7-9-16/h10-11,18H,4-9H2,1-3H3,(H,14,17). The van der Waals surface area contributed by atoms with Gasteiger partial charge in [-0.1, -0.05) is 19.0 Å². The average Bonchev–Trinajstić information content (AvgIpc) is 2.43. The number of carbonyl (C=O) groups excluding carboxylic acids is 1. The second-order valence-corrected chi connectivity index (χ2v) is 4.90. The van der Waals surface area contributed by atoms with E-state index in [2.05, 4.69) is 29.2 Å². The van der Waals surface area contributed by atoms with E-state index in [0.717, 1.165) is 44.5 Å². The van der Waals surface area contributed by atoms with Crippen LogP contribution in [-0.4, -0.2) is 46.9 Å². The molecule has 104 valence electrons. The Kier molecular flexibility index (Phi) is 6.12. The van der Waals surface area contributed by atoms with Crippen LogP contribution in [0.1, 0.15) is 46.5 Å². The normalized spacial score (nSPS) is 18.8. The zero-order valence-corrected chi connectivity index (χ0v) is 11.6. The summed E-state index contributed by atoms with van der Waals surface area (Å²) in [6, 6.07) is 0.171. The fourth-order valence-electron chi connectivity index (χ4n) is 2.25. The molecule has 0 aliphatic carbocycles. The summed E-state index contributed by atoms with van der Waals surface area (Å²) in [7, 11) is 0. The van der Waals surface area contributed by atoms with Crippen molar-refractivity contribution >= 4 is 11.6 Å². The molecule has 1 amide bonds. The molecule has 5 nitrogen and oxygen atoms in total. The molecule has 0 bridgehead atoms. The van der Waals surface area contributed by atoms with E-state index in [9.17, 15) is 4.79 Å². The van der Waals surface area contributed by atoms with Crippen LogP contribution >= 0.6 is 0 Å². The zero-order chi connectivity index (χ0) is 13.5. The molecule has 0 saturated carbocycles. The van der Waals surface area contributed by atoms with Gasteiger partial charge in [-0.05, 0) is 19.8 Å². The summed E-state index contributed by atoms with van der Waals surface area (Å²) < 4.78 is 0. The molecule has 1 aliphatic rings. The molecule has 1 aliphatic heterocycles. The number of nitrogens with zero attached hydrogens (tertiary/aromatic N) is 2. The van der Waals surface area contributed by atoms with Gasteiger partial charge in [0.15, 0.2) is 0 Å². The number of hydrogen-bond acceptors (Lipinski definition) is 4. The summed E-state index contributed by atoms with van der Waals surface area (Å²) >= 11 is 0. The highest BCUT2D eigenvalue weighted by molar-refractivity contribution is 5.86. The molecule has 5 heteroatoms. The first-order chi connectivity index (χ1) is 8.62. The second-order valence-electron chi connectivity index (χ2n) is 4.90. The maximum Gasteiger partial charge on any atom is 0.237 e. The lowest BCUT2D eigenvalue weighted by molar-refractivity contribution is -0.126. The number of carbonyl (C=O) groups is 1. The number of hydrogen-bond donors (Lipinski definition) is 2. The Bertz CT molecular complexity index is 291. The summed E-state index contributed by atoms with van der Waals surface area (Å²) in [6.07, 6.45) is 3.44. The quantitative estimate of drug-likeness (QED) is 0.579. The highest BCUT2D eigenvalue weighted by atomic mass is 16.4. The van der Waals surface area contributed by atoms with Gasteiger partial charge >= 0.3 is 0 Å². The van der Waals surface area contributed by atoms with E-state index in [1.807, 2.05) is 6.92 Å². The topological polar surface area (TPSA) is 64.9 Å². The molecular formula is C13H25N3O2. The van der Waals surface area contributed by atoms with E-state index < -0.39 is 0 Å². The van der Waals surface area contributed by atoms with Crippen LogP contribution in [0.4, 0.5) is 0 Å². The van der Waals surface area contributed by atoms with Gasteiger partial charge in [-0.15, -0.1) is 0 Å². The lowest BCUT2D eigenvalue weighted by Gasteiger charge is -2.32. The predicted molar refractivity (Wildman–Crippen MR) is 72.0 cm³/mol. The van der Waals surface area contributed by atoms with Crippen LogP contribution in [0.5, 0.6) is 0 Å². The first-order valence-electron chi connectivity index (χ1n) is 6.86. The predicted octanol–water partition coefficient (Wildman–Crippen LogP) is 1.61. The third-order valence-corrected chi connectivity index (χ3v) is 3.78. The van der Waals surface area contributed by atoms with Crippen LogP contribution in [0.25, 0.3) is 0 Å². The minimum Gasteiger partial charge on any atom is -0.411 e. The molecule has 18 heavy (non-hydrogen) atoms. The van der Waals surface area contributed by atoms with E-state index >= 15 is 0 Å². The van der Waals surface area contributed by atoms with Gasteiger partial charge < -0.3 is 10.5 Å². The van der Waals surface area contributed by atoms with Crippen molar-refractivity contribution in [3.05, 3.63) is 0 Å². The number of likely N-dealkylation sites (tertiary alicyclic amines) is 1. The molecule has 0 aromatic carbocycles. The molecule has 1 atom stereocenters. The van der Waals surface area contributed by atoms with Gasteiger partial charge in [0.2, 0.25) is 5.91 Å². The van der Waals surface area contributed by atoms with Crippen LogP contribution in [0.3, 0.4) is 0 Å². The smallest absolute Gasteiger partial charge is 0.237 e. The molecule has 0 spiro atoms. The van der Waals surface area contributed by atoms with Gasteiger partial charge in [0, 0.05) is 32.0 Å². The fraction of sp³-hybridized carbons (Fsp3) is 0.846. The van der Waals surface area contributed by atoms with Crippen molar-refractivity contribution in [2.24, 2.45) is 5.16 Å². The van der Waals surface area contributed by atoms with Crippen molar-refractivity contribution in [2.75, 3.05) is 13.1 Å². The largest absolute Gasteiger partial charge is 0.411 e. The maximum atomic E-state index is 12.1. The maximum absolute atomic E-state index is 12.1. The number of oxime groups is 1. The first-order valence-corrected chi connectivity index (χ1v) is 6.86. The highest BCUT2D eigenvalue weighted by Gasteiger charge is 2.25. The van der Waals surface area contributed by atoms with E-state index in [4.69, 9.17) is 5.21 Å². The van der Waals surface area contributed by atoms with Crippen LogP contribution in [0.2, 0.25) is 0 Å². The van der Waals surface area contributed by atoms with E-state index in [0.29, 0.717) is 0 Å². The number of nitrogens with one attached hydrogen (secondary N) is 1. The van der Waals surface area contributed by atoms with Crippen molar-refractivity contribution in [1.29, 1.82) is 0 Å².